The van der Waals surface area contributed by atoms with Gasteiger partial charge in [0.1, 0.15) is 5.82 Å². The van der Waals surface area contributed by atoms with Crippen LogP contribution in [0.4, 0.5) is 4.39 Å². The van der Waals surface area contributed by atoms with Crippen molar-refractivity contribution in [1.29, 1.82) is 0 Å². The highest BCUT2D eigenvalue weighted by Crippen LogP contribution is 2.31. The van der Waals surface area contributed by atoms with E-state index in [4.69, 9.17) is 5.84 Å². The summed E-state index contributed by atoms with van der Waals surface area (Å²) < 4.78 is 14.2. The summed E-state index contributed by atoms with van der Waals surface area (Å²) in [4.78, 5) is 5.56. The quantitative estimate of drug-likeness (QED) is 0.572. The van der Waals surface area contributed by atoms with Gasteiger partial charge in [0, 0.05) is 21.4 Å². The minimum atomic E-state index is -0.210. The van der Waals surface area contributed by atoms with Crippen LogP contribution in [0.15, 0.2) is 29.6 Å². The van der Waals surface area contributed by atoms with Crippen molar-refractivity contribution in [3.05, 3.63) is 51.0 Å². The summed E-state index contributed by atoms with van der Waals surface area (Å²) in [5.41, 5.74) is 3.86. The number of hydrogen-bond acceptors (Lipinski definition) is 5. The minimum absolute atomic E-state index is 0.00281. The summed E-state index contributed by atoms with van der Waals surface area (Å²) in [5.74, 6) is 5.46. The zero-order chi connectivity index (χ0) is 14.1. The SMILES string of the molecule is Cc1nc(CC(NN)c2cc3ccc(F)cc3s2)cs1. The molecule has 1 unspecified atom stereocenters. The Balaban J connectivity index is 1.90. The third-order valence-electron chi connectivity index (χ3n) is 3.13. The van der Waals surface area contributed by atoms with Crippen LogP contribution >= 0.6 is 22.7 Å². The van der Waals surface area contributed by atoms with E-state index in [9.17, 15) is 4.39 Å². The number of benzene rings is 1. The molecule has 0 bridgehead atoms. The average Bonchev–Trinajstić information content (AvgIpc) is 3.01. The predicted octanol–water partition coefficient (Wildman–Crippen LogP) is 3.55. The monoisotopic (exact) mass is 307 g/mol. The average molecular weight is 307 g/mol. The molecule has 3 N–H and O–H groups in total. The van der Waals surface area contributed by atoms with Crippen LogP contribution in [-0.2, 0) is 6.42 Å². The van der Waals surface area contributed by atoms with E-state index in [1.54, 1.807) is 34.8 Å². The van der Waals surface area contributed by atoms with Gasteiger partial charge in [0.2, 0.25) is 0 Å². The first-order chi connectivity index (χ1) is 9.65. The van der Waals surface area contributed by atoms with Crippen molar-refractivity contribution in [3.63, 3.8) is 0 Å². The number of aryl methyl sites for hydroxylation is 1. The van der Waals surface area contributed by atoms with Gasteiger partial charge in [0.15, 0.2) is 0 Å². The van der Waals surface area contributed by atoms with E-state index in [1.165, 1.54) is 6.07 Å². The number of hydrazine groups is 1. The number of thiophene rings is 1. The van der Waals surface area contributed by atoms with Crippen LogP contribution in [0.25, 0.3) is 10.1 Å². The molecule has 2 heterocycles. The first-order valence-corrected chi connectivity index (χ1v) is 7.91. The molecular formula is C14H14FN3S2. The molecule has 0 saturated carbocycles. The lowest BCUT2D eigenvalue weighted by Crippen LogP contribution is -2.29. The molecule has 104 valence electrons. The fourth-order valence-electron chi connectivity index (χ4n) is 2.15. The van der Waals surface area contributed by atoms with E-state index in [2.05, 4.69) is 16.5 Å². The lowest BCUT2D eigenvalue weighted by atomic mass is 10.1. The molecular weight excluding hydrogens is 293 g/mol. The van der Waals surface area contributed by atoms with Crippen molar-refractivity contribution in [1.82, 2.24) is 10.4 Å². The number of nitrogens with two attached hydrogens (primary N) is 1. The van der Waals surface area contributed by atoms with Gasteiger partial charge < -0.3 is 0 Å². The summed E-state index contributed by atoms with van der Waals surface area (Å²) in [6.07, 6.45) is 0.732. The number of hydrogen-bond donors (Lipinski definition) is 2. The summed E-state index contributed by atoms with van der Waals surface area (Å²) in [7, 11) is 0. The Morgan fingerprint density at radius 3 is 2.95 bits per heavy atom. The number of aromatic nitrogens is 1. The first-order valence-electron chi connectivity index (χ1n) is 6.22. The summed E-state index contributed by atoms with van der Waals surface area (Å²) >= 11 is 3.20. The zero-order valence-electron chi connectivity index (χ0n) is 10.9. The standard InChI is InChI=1S/C14H14FN3S2/c1-8-17-11(7-19-8)6-12(18-16)14-4-9-2-3-10(15)5-13(9)20-14/h2-5,7,12,18H,6,16H2,1H3. The Morgan fingerprint density at radius 1 is 1.40 bits per heavy atom. The maximum atomic E-state index is 13.2. The second-order valence-corrected chi connectivity index (χ2v) is 6.79. The third-order valence-corrected chi connectivity index (χ3v) is 5.16. The number of rotatable bonds is 4. The first kappa shape index (κ1) is 13.6. The Labute approximate surface area is 124 Å². The third kappa shape index (κ3) is 2.73. The van der Waals surface area contributed by atoms with Crippen molar-refractivity contribution in [2.24, 2.45) is 5.84 Å². The van der Waals surface area contributed by atoms with Gasteiger partial charge in [-0.3, -0.25) is 11.3 Å². The van der Waals surface area contributed by atoms with E-state index >= 15 is 0 Å². The van der Waals surface area contributed by atoms with Crippen molar-refractivity contribution < 1.29 is 4.39 Å². The number of halogens is 1. The second kappa shape index (κ2) is 5.57. The maximum absolute atomic E-state index is 13.2. The fourth-order valence-corrected chi connectivity index (χ4v) is 3.93. The number of nitrogens with zero attached hydrogens (tertiary/aromatic N) is 1. The highest BCUT2D eigenvalue weighted by Gasteiger charge is 2.15. The molecule has 6 heteroatoms. The van der Waals surface area contributed by atoms with Crippen LogP contribution in [-0.4, -0.2) is 4.98 Å². The highest BCUT2D eigenvalue weighted by atomic mass is 32.1. The number of nitrogens with one attached hydrogen (secondary N) is 1. The van der Waals surface area contributed by atoms with E-state index in [0.717, 1.165) is 32.1 Å². The fraction of sp³-hybridized carbons (Fsp3) is 0.214. The minimum Gasteiger partial charge on any atom is -0.271 e. The van der Waals surface area contributed by atoms with Crippen LogP contribution in [0.1, 0.15) is 21.6 Å². The largest absolute Gasteiger partial charge is 0.271 e. The van der Waals surface area contributed by atoms with E-state index < -0.39 is 0 Å². The molecule has 0 saturated heterocycles. The molecule has 0 aliphatic carbocycles. The molecule has 0 aliphatic heterocycles. The van der Waals surface area contributed by atoms with Gasteiger partial charge in [-0.2, -0.15) is 0 Å². The zero-order valence-corrected chi connectivity index (χ0v) is 12.5. The normalized spacial score (nSPS) is 12.9. The summed E-state index contributed by atoms with van der Waals surface area (Å²) in [6, 6.07) is 6.89. The van der Waals surface area contributed by atoms with E-state index in [0.29, 0.717) is 0 Å². The Hall–Kier alpha value is -1.34. The van der Waals surface area contributed by atoms with Gasteiger partial charge >= 0.3 is 0 Å². The summed E-state index contributed by atoms with van der Waals surface area (Å²) in [5, 5.41) is 4.14. The number of fused-ring (bicyclic) bond motifs is 1. The molecule has 3 aromatic rings. The molecule has 0 spiro atoms. The van der Waals surface area contributed by atoms with Crippen LogP contribution < -0.4 is 11.3 Å². The van der Waals surface area contributed by atoms with Crippen molar-refractivity contribution in [2.45, 2.75) is 19.4 Å². The van der Waals surface area contributed by atoms with Gasteiger partial charge in [0.05, 0.1) is 16.7 Å². The maximum Gasteiger partial charge on any atom is 0.124 e. The Morgan fingerprint density at radius 2 is 2.25 bits per heavy atom. The van der Waals surface area contributed by atoms with E-state index in [1.807, 2.05) is 12.3 Å². The number of thiazole rings is 1. The predicted molar refractivity (Wildman–Crippen MR) is 82.4 cm³/mol. The molecule has 0 radical (unpaired) electrons. The van der Waals surface area contributed by atoms with Gasteiger partial charge in [0.25, 0.3) is 0 Å². The second-order valence-electron chi connectivity index (χ2n) is 4.61. The topological polar surface area (TPSA) is 50.9 Å². The van der Waals surface area contributed by atoms with Gasteiger partial charge in [-0.1, -0.05) is 6.07 Å². The molecule has 3 rings (SSSR count). The molecule has 20 heavy (non-hydrogen) atoms. The van der Waals surface area contributed by atoms with Crippen molar-refractivity contribution >= 4 is 32.8 Å². The molecule has 1 atom stereocenters. The van der Waals surface area contributed by atoms with Crippen LogP contribution in [0.3, 0.4) is 0 Å². The molecule has 0 aliphatic rings. The molecule has 0 fully saturated rings. The van der Waals surface area contributed by atoms with Gasteiger partial charge in [-0.05, 0) is 30.5 Å². The van der Waals surface area contributed by atoms with Crippen LogP contribution in [0.2, 0.25) is 0 Å². The lowest BCUT2D eigenvalue weighted by molar-refractivity contribution is 0.555. The van der Waals surface area contributed by atoms with Crippen molar-refractivity contribution in [3.8, 4) is 0 Å². The highest BCUT2D eigenvalue weighted by molar-refractivity contribution is 7.19. The van der Waals surface area contributed by atoms with Crippen LogP contribution in [0.5, 0.6) is 0 Å². The molecule has 0 amide bonds. The smallest absolute Gasteiger partial charge is 0.124 e. The molecule has 3 nitrogen and oxygen atoms in total. The van der Waals surface area contributed by atoms with E-state index in [-0.39, 0.29) is 11.9 Å². The molecule has 2 aromatic heterocycles. The van der Waals surface area contributed by atoms with Crippen molar-refractivity contribution in [2.75, 3.05) is 0 Å². The Kier molecular flexibility index (Phi) is 3.80. The summed E-state index contributed by atoms with van der Waals surface area (Å²) in [6.45, 7) is 1.99. The van der Waals surface area contributed by atoms with Gasteiger partial charge in [-0.15, -0.1) is 22.7 Å². The lowest BCUT2D eigenvalue weighted by Gasteiger charge is -2.12. The van der Waals surface area contributed by atoms with Gasteiger partial charge in [-0.25, -0.2) is 9.37 Å². The molecule has 1 aromatic carbocycles. The Bertz CT molecular complexity index is 735. The van der Waals surface area contributed by atoms with Crippen LogP contribution in [0, 0.1) is 12.7 Å².